The van der Waals surface area contributed by atoms with Crippen LogP contribution in [0.15, 0.2) is 71.1 Å². The van der Waals surface area contributed by atoms with Gasteiger partial charge in [0.2, 0.25) is 0 Å². The van der Waals surface area contributed by atoms with E-state index in [4.69, 9.17) is 4.98 Å². The number of aromatic nitrogens is 1. The molecule has 304 valence electrons. The maximum Gasteiger partial charge on any atom is 0.573 e. The molecule has 4 N–H and O–H groups in total. The number of phenolic OH excluding ortho intramolecular Hbond substituents is 1. The van der Waals surface area contributed by atoms with Gasteiger partial charge in [-0.2, -0.15) is 5.10 Å². The Bertz CT molecular complexity index is 1970. The lowest BCUT2D eigenvalue weighted by molar-refractivity contribution is -0.274. The fourth-order valence-electron chi connectivity index (χ4n) is 5.78. The van der Waals surface area contributed by atoms with E-state index in [-0.39, 0.29) is 59.5 Å². The van der Waals surface area contributed by atoms with Crippen LogP contribution >= 0.6 is 36.2 Å². The first-order chi connectivity index (χ1) is 25.3. The van der Waals surface area contributed by atoms with Crippen molar-refractivity contribution in [2.75, 3.05) is 43.4 Å². The van der Waals surface area contributed by atoms with Crippen LogP contribution in [-0.2, 0) is 22.2 Å². The number of carbonyl (C=O) groups is 2. The van der Waals surface area contributed by atoms with Crippen LogP contribution in [0.3, 0.4) is 0 Å². The Labute approximate surface area is 341 Å². The summed E-state index contributed by atoms with van der Waals surface area (Å²) in [5.74, 6) is -0.494. The fourth-order valence-corrected chi connectivity index (χ4v) is 6.60. The van der Waals surface area contributed by atoms with Crippen LogP contribution < -0.4 is 20.8 Å². The van der Waals surface area contributed by atoms with Gasteiger partial charge in [-0.25, -0.2) is 15.2 Å². The first-order valence-corrected chi connectivity index (χ1v) is 18.3. The predicted molar refractivity (Wildman–Crippen MR) is 221 cm³/mol. The number of benzene rings is 3. The molecule has 0 unspecified atom stereocenters. The number of halogens is 5. The number of hydrazone groups is 1. The molecule has 0 spiro atoms. The molecule has 1 saturated heterocycles. The van der Waals surface area contributed by atoms with E-state index >= 15 is 0 Å². The van der Waals surface area contributed by atoms with Gasteiger partial charge in [0, 0.05) is 72.2 Å². The molecule has 56 heavy (non-hydrogen) atoms. The third-order valence-electron chi connectivity index (χ3n) is 8.69. The summed E-state index contributed by atoms with van der Waals surface area (Å²) in [5, 5.41) is 23.1. The largest absolute Gasteiger partial charge is 0.573 e. The van der Waals surface area contributed by atoms with E-state index in [9.17, 15) is 27.9 Å². The van der Waals surface area contributed by atoms with E-state index < -0.39 is 18.1 Å². The molecule has 1 aromatic heterocycles. The lowest BCUT2D eigenvalue weighted by atomic mass is 9.79. The summed E-state index contributed by atoms with van der Waals surface area (Å²) in [5.41, 5.74) is 7.14. The highest BCUT2D eigenvalue weighted by Crippen LogP contribution is 2.37. The summed E-state index contributed by atoms with van der Waals surface area (Å²) >= 11 is 1.52. The summed E-state index contributed by atoms with van der Waals surface area (Å²) in [7, 11) is 0. The molecule has 1 aliphatic rings. The minimum absolute atomic E-state index is 0. The minimum atomic E-state index is -4.83. The zero-order valence-corrected chi connectivity index (χ0v) is 34.4. The summed E-state index contributed by atoms with van der Waals surface area (Å²) < 4.78 is 41.4. The van der Waals surface area contributed by atoms with Gasteiger partial charge in [0.05, 0.1) is 18.5 Å². The quantitative estimate of drug-likeness (QED) is 0.0928. The van der Waals surface area contributed by atoms with Gasteiger partial charge in [-0.15, -0.1) is 49.3 Å². The number of amides is 3. The van der Waals surface area contributed by atoms with Crippen molar-refractivity contribution in [2.24, 2.45) is 5.10 Å². The van der Waals surface area contributed by atoms with Crippen molar-refractivity contribution in [3.05, 3.63) is 88.4 Å². The highest BCUT2D eigenvalue weighted by Gasteiger charge is 2.31. The number of hydrogen-bond acceptors (Lipinski definition) is 9. The van der Waals surface area contributed by atoms with Crippen molar-refractivity contribution >= 4 is 65.7 Å². The molecule has 0 saturated carbocycles. The third-order valence-corrected chi connectivity index (χ3v) is 9.63. The normalized spacial score (nSPS) is 14.1. The van der Waals surface area contributed by atoms with E-state index in [0.29, 0.717) is 30.9 Å². The van der Waals surface area contributed by atoms with Gasteiger partial charge in [-0.1, -0.05) is 53.7 Å². The molecule has 1 fully saturated rings. The van der Waals surface area contributed by atoms with Crippen molar-refractivity contribution in [1.82, 2.24) is 20.2 Å². The number of nitrogens with one attached hydrogen (secondary N) is 3. The van der Waals surface area contributed by atoms with Crippen LogP contribution in [0.2, 0.25) is 0 Å². The fraction of sp³-hybridized carbons (Fsp3) is 0.385. The van der Waals surface area contributed by atoms with Crippen molar-refractivity contribution in [2.45, 2.75) is 65.3 Å². The van der Waals surface area contributed by atoms with Crippen molar-refractivity contribution in [1.29, 1.82) is 0 Å². The molecule has 2 heterocycles. The van der Waals surface area contributed by atoms with Gasteiger partial charge in [-0.05, 0) is 58.9 Å². The first kappa shape index (κ1) is 46.0. The zero-order chi connectivity index (χ0) is 39.3. The zero-order valence-electron chi connectivity index (χ0n) is 32.0. The Hall–Kier alpha value is -4.41. The number of carbonyl (C=O) groups excluding carboxylic acids is 2. The summed E-state index contributed by atoms with van der Waals surface area (Å²) in [4.78, 5) is 34.3. The smallest absolute Gasteiger partial charge is 0.507 e. The van der Waals surface area contributed by atoms with E-state index in [1.54, 1.807) is 12.1 Å². The standard InChI is InChI=1S/C39H46F3N7O4S.2ClH/c1-37(2,3)27-18-26(34(51)32(19-27)38(4,5)6)21-43-47-33(50)23-49-16-14-48(15-17-49)22-30-24-54-35(44-30)25-10-12-28(13-11-25)45-36(52)46-29-8-7-9-31(20-29)53-39(40,41)42;;/h7-13,18-21,24,51H,14-17,22-23H2,1-6H3,(H,47,50)(H2,45,46,52);2*1H/b43-21+;;. The molecule has 0 bridgehead atoms. The van der Waals surface area contributed by atoms with Gasteiger partial charge < -0.3 is 20.5 Å². The molecule has 4 aromatic rings. The number of rotatable bonds is 10. The molecule has 0 radical (unpaired) electrons. The van der Waals surface area contributed by atoms with Gasteiger partial charge >= 0.3 is 12.4 Å². The first-order valence-electron chi connectivity index (χ1n) is 17.5. The van der Waals surface area contributed by atoms with Crippen LogP contribution in [0, 0.1) is 0 Å². The van der Waals surface area contributed by atoms with Crippen molar-refractivity contribution < 1.29 is 32.6 Å². The molecular formula is C39H48Cl2F3N7O4S. The number of thiazole rings is 1. The lowest BCUT2D eigenvalue weighted by Crippen LogP contribution is -2.48. The Balaban J connectivity index is 0.00000420. The van der Waals surface area contributed by atoms with E-state index in [1.165, 1.54) is 29.7 Å². The number of aromatic hydroxyl groups is 1. The SMILES string of the molecule is CC(C)(C)c1cc(/C=N/NC(=O)CN2CCN(Cc3csc(-c4ccc(NC(=O)Nc5cccc(OC(F)(F)F)c5)cc4)n3)CC2)c(O)c(C(C)(C)C)c1.Cl.Cl. The number of piperazine rings is 1. The molecule has 0 atom stereocenters. The molecule has 17 heteroatoms. The van der Waals surface area contributed by atoms with Gasteiger partial charge in [0.25, 0.3) is 5.91 Å². The van der Waals surface area contributed by atoms with E-state index in [1.807, 2.05) is 29.6 Å². The molecular weight excluding hydrogens is 790 g/mol. The molecule has 5 rings (SSSR count). The van der Waals surface area contributed by atoms with E-state index in [2.05, 4.69) is 77.2 Å². The number of hydrogen-bond donors (Lipinski definition) is 4. The second-order valence-corrected chi connectivity index (χ2v) is 16.0. The molecule has 0 aliphatic carbocycles. The Morgan fingerprint density at radius 1 is 0.893 bits per heavy atom. The summed E-state index contributed by atoms with van der Waals surface area (Å²) in [6.07, 6.45) is -3.32. The highest BCUT2D eigenvalue weighted by atomic mass is 35.5. The molecule has 3 aromatic carbocycles. The number of urea groups is 1. The van der Waals surface area contributed by atoms with Gasteiger partial charge in [0.15, 0.2) is 0 Å². The minimum Gasteiger partial charge on any atom is -0.507 e. The average Bonchev–Trinajstić information content (AvgIpc) is 3.53. The van der Waals surface area contributed by atoms with Crippen LogP contribution in [0.4, 0.5) is 29.3 Å². The van der Waals surface area contributed by atoms with Crippen LogP contribution in [0.5, 0.6) is 11.5 Å². The van der Waals surface area contributed by atoms with Crippen LogP contribution in [0.1, 0.15) is 63.9 Å². The maximum absolute atomic E-state index is 12.7. The Kier molecular flexibility index (Phi) is 15.7. The average molecular weight is 839 g/mol. The Morgan fingerprint density at radius 2 is 1.54 bits per heavy atom. The van der Waals surface area contributed by atoms with Crippen LogP contribution in [0.25, 0.3) is 10.6 Å². The summed E-state index contributed by atoms with van der Waals surface area (Å²) in [6, 6.07) is 15.5. The maximum atomic E-state index is 12.7. The van der Waals surface area contributed by atoms with Gasteiger partial charge in [0.1, 0.15) is 16.5 Å². The molecule has 1 aliphatic heterocycles. The predicted octanol–water partition coefficient (Wildman–Crippen LogP) is 8.76. The number of alkyl halides is 3. The summed E-state index contributed by atoms with van der Waals surface area (Å²) in [6.45, 7) is 16.4. The topological polar surface area (TPSA) is 131 Å². The lowest BCUT2D eigenvalue weighted by Gasteiger charge is -2.33. The van der Waals surface area contributed by atoms with E-state index in [0.717, 1.165) is 52.6 Å². The van der Waals surface area contributed by atoms with Crippen molar-refractivity contribution in [3.63, 3.8) is 0 Å². The molecule has 11 nitrogen and oxygen atoms in total. The molecule has 3 amide bonds. The Morgan fingerprint density at radius 3 is 2.16 bits per heavy atom. The van der Waals surface area contributed by atoms with Crippen LogP contribution in [-0.4, -0.2) is 77.1 Å². The third kappa shape index (κ3) is 13.4. The number of phenols is 1. The number of ether oxygens (including phenoxy) is 1. The number of nitrogens with zero attached hydrogens (tertiary/aromatic N) is 4. The number of anilines is 2. The second-order valence-electron chi connectivity index (χ2n) is 15.2. The monoisotopic (exact) mass is 837 g/mol. The highest BCUT2D eigenvalue weighted by molar-refractivity contribution is 7.13. The van der Waals surface area contributed by atoms with Crippen molar-refractivity contribution in [3.8, 4) is 22.1 Å². The second kappa shape index (κ2) is 19.2. The van der Waals surface area contributed by atoms with Gasteiger partial charge in [-0.3, -0.25) is 14.6 Å².